The smallest absolute Gasteiger partial charge is 0.221 e. The molecule has 4 nitrogen and oxygen atoms in total. The Bertz CT molecular complexity index is 639. The number of ketones is 1. The molecule has 0 spiro atoms. The van der Waals surface area contributed by atoms with Gasteiger partial charge in [-0.05, 0) is 40.2 Å². The SMILES string of the molecule is CC(=O)Nc1cccc(OCC(=O)c2ccc(Br)s2)c1. The summed E-state index contributed by atoms with van der Waals surface area (Å²) in [5, 5.41) is 2.66. The van der Waals surface area contributed by atoms with E-state index in [1.165, 1.54) is 18.3 Å². The quantitative estimate of drug-likeness (QED) is 0.833. The average Bonchev–Trinajstić information content (AvgIpc) is 2.82. The van der Waals surface area contributed by atoms with Gasteiger partial charge in [-0.15, -0.1) is 11.3 Å². The van der Waals surface area contributed by atoms with Crippen LogP contribution in [-0.4, -0.2) is 18.3 Å². The molecule has 2 aromatic rings. The Morgan fingerprint density at radius 1 is 1.30 bits per heavy atom. The number of hydrogen-bond acceptors (Lipinski definition) is 4. The molecule has 20 heavy (non-hydrogen) atoms. The van der Waals surface area contributed by atoms with E-state index in [-0.39, 0.29) is 18.3 Å². The highest BCUT2D eigenvalue weighted by atomic mass is 79.9. The lowest BCUT2D eigenvalue weighted by Gasteiger charge is -2.07. The summed E-state index contributed by atoms with van der Waals surface area (Å²) in [5.41, 5.74) is 0.640. The Balaban J connectivity index is 1.97. The number of ether oxygens (including phenoxy) is 1. The third kappa shape index (κ3) is 4.18. The van der Waals surface area contributed by atoms with Crippen molar-refractivity contribution in [2.75, 3.05) is 11.9 Å². The number of amides is 1. The second kappa shape index (κ2) is 6.67. The van der Waals surface area contributed by atoms with Crippen LogP contribution in [0, 0.1) is 0 Å². The van der Waals surface area contributed by atoms with Gasteiger partial charge in [-0.2, -0.15) is 0 Å². The van der Waals surface area contributed by atoms with Gasteiger partial charge in [-0.25, -0.2) is 0 Å². The Labute approximate surface area is 128 Å². The van der Waals surface area contributed by atoms with E-state index in [0.717, 1.165) is 3.79 Å². The van der Waals surface area contributed by atoms with Gasteiger partial charge in [0.1, 0.15) is 5.75 Å². The van der Waals surface area contributed by atoms with Crippen molar-refractivity contribution in [3.05, 3.63) is 45.1 Å². The molecule has 0 atom stereocenters. The number of anilines is 1. The van der Waals surface area contributed by atoms with E-state index in [9.17, 15) is 9.59 Å². The molecule has 1 amide bonds. The van der Waals surface area contributed by atoms with Crippen LogP contribution >= 0.6 is 27.3 Å². The number of rotatable bonds is 5. The third-order valence-corrected chi connectivity index (χ3v) is 4.04. The summed E-state index contributed by atoms with van der Waals surface area (Å²) in [6, 6.07) is 10.5. The number of hydrogen-bond donors (Lipinski definition) is 1. The zero-order chi connectivity index (χ0) is 14.5. The molecular formula is C14H12BrNO3S. The highest BCUT2D eigenvalue weighted by Crippen LogP contribution is 2.23. The van der Waals surface area contributed by atoms with E-state index in [4.69, 9.17) is 4.74 Å². The molecule has 0 saturated carbocycles. The molecule has 6 heteroatoms. The predicted octanol–water partition coefficient (Wildman–Crippen LogP) is 3.73. The second-order valence-corrected chi connectivity index (χ2v) is 6.49. The lowest BCUT2D eigenvalue weighted by Crippen LogP contribution is -2.10. The first-order chi connectivity index (χ1) is 9.54. The van der Waals surface area contributed by atoms with Gasteiger partial charge >= 0.3 is 0 Å². The molecule has 0 aliphatic carbocycles. The van der Waals surface area contributed by atoms with Gasteiger partial charge < -0.3 is 10.1 Å². The highest BCUT2D eigenvalue weighted by Gasteiger charge is 2.09. The molecule has 1 aromatic heterocycles. The fourth-order valence-corrected chi connectivity index (χ4v) is 2.86. The van der Waals surface area contributed by atoms with Gasteiger partial charge in [0.2, 0.25) is 11.7 Å². The summed E-state index contributed by atoms with van der Waals surface area (Å²) in [6.45, 7) is 1.40. The summed E-state index contributed by atoms with van der Waals surface area (Å²) in [6.07, 6.45) is 0. The summed E-state index contributed by atoms with van der Waals surface area (Å²) < 4.78 is 6.35. The molecule has 0 saturated heterocycles. The van der Waals surface area contributed by atoms with E-state index in [1.807, 2.05) is 6.07 Å². The summed E-state index contributed by atoms with van der Waals surface area (Å²) in [4.78, 5) is 23.5. The maximum absolute atomic E-state index is 11.9. The van der Waals surface area contributed by atoms with Gasteiger partial charge in [0.05, 0.1) is 8.66 Å². The maximum atomic E-state index is 11.9. The summed E-state index contributed by atoms with van der Waals surface area (Å²) >= 11 is 4.69. The van der Waals surface area contributed by atoms with Crippen LogP contribution in [-0.2, 0) is 4.79 Å². The lowest BCUT2D eigenvalue weighted by molar-refractivity contribution is -0.114. The van der Waals surface area contributed by atoms with Crippen LogP contribution in [0.5, 0.6) is 5.75 Å². The Morgan fingerprint density at radius 2 is 2.10 bits per heavy atom. The topological polar surface area (TPSA) is 55.4 Å². The zero-order valence-electron chi connectivity index (χ0n) is 10.7. The summed E-state index contributed by atoms with van der Waals surface area (Å²) in [5.74, 6) is 0.313. The molecule has 0 aliphatic rings. The third-order valence-electron chi connectivity index (χ3n) is 2.37. The maximum Gasteiger partial charge on any atom is 0.221 e. The number of Topliss-reactive ketones (excluding diaryl/α,β-unsaturated/α-hetero) is 1. The molecular weight excluding hydrogens is 342 g/mol. The number of nitrogens with one attached hydrogen (secondary N) is 1. The van der Waals surface area contributed by atoms with E-state index in [2.05, 4.69) is 21.2 Å². The Hall–Kier alpha value is -1.66. The van der Waals surface area contributed by atoms with Gasteiger partial charge in [0, 0.05) is 18.7 Å². The zero-order valence-corrected chi connectivity index (χ0v) is 13.1. The first kappa shape index (κ1) is 14.7. The second-order valence-electron chi connectivity index (χ2n) is 4.02. The minimum atomic E-state index is -0.151. The molecule has 1 aromatic carbocycles. The van der Waals surface area contributed by atoms with Crippen molar-refractivity contribution in [1.82, 2.24) is 0 Å². The highest BCUT2D eigenvalue weighted by molar-refractivity contribution is 9.11. The normalized spacial score (nSPS) is 10.1. The summed E-state index contributed by atoms with van der Waals surface area (Å²) in [7, 11) is 0. The number of benzene rings is 1. The van der Waals surface area contributed by atoms with Crippen LogP contribution in [0.4, 0.5) is 5.69 Å². The largest absolute Gasteiger partial charge is 0.485 e. The van der Waals surface area contributed by atoms with Crippen LogP contribution in [0.15, 0.2) is 40.2 Å². The fourth-order valence-electron chi connectivity index (χ4n) is 1.55. The van der Waals surface area contributed by atoms with Crippen molar-refractivity contribution in [2.45, 2.75) is 6.92 Å². The van der Waals surface area contributed by atoms with Crippen LogP contribution in [0.1, 0.15) is 16.6 Å². The molecule has 1 N–H and O–H groups in total. The minimum Gasteiger partial charge on any atom is -0.485 e. The first-order valence-electron chi connectivity index (χ1n) is 5.83. The molecule has 0 fully saturated rings. The van der Waals surface area contributed by atoms with Crippen LogP contribution < -0.4 is 10.1 Å². The van der Waals surface area contributed by atoms with Gasteiger partial charge in [-0.3, -0.25) is 9.59 Å². The van der Waals surface area contributed by atoms with Gasteiger partial charge in [-0.1, -0.05) is 6.07 Å². The van der Waals surface area contributed by atoms with Crippen molar-refractivity contribution in [2.24, 2.45) is 0 Å². The Kier molecular flexibility index (Phi) is 4.92. The van der Waals surface area contributed by atoms with Gasteiger partial charge in [0.25, 0.3) is 0 Å². The van der Waals surface area contributed by atoms with Crippen LogP contribution in [0.3, 0.4) is 0 Å². The lowest BCUT2D eigenvalue weighted by atomic mass is 10.3. The monoisotopic (exact) mass is 353 g/mol. The molecule has 0 bridgehead atoms. The molecule has 0 aliphatic heterocycles. The van der Waals surface area contributed by atoms with Gasteiger partial charge in [0.15, 0.2) is 6.61 Å². The molecule has 0 radical (unpaired) electrons. The number of thiophene rings is 1. The van der Waals surface area contributed by atoms with Crippen molar-refractivity contribution < 1.29 is 14.3 Å². The van der Waals surface area contributed by atoms with E-state index < -0.39 is 0 Å². The van der Waals surface area contributed by atoms with Crippen molar-refractivity contribution in [3.63, 3.8) is 0 Å². The molecule has 1 heterocycles. The average molecular weight is 354 g/mol. The van der Waals surface area contributed by atoms with E-state index >= 15 is 0 Å². The minimum absolute atomic E-state index is 0.0313. The molecule has 0 unspecified atom stereocenters. The van der Waals surface area contributed by atoms with Crippen LogP contribution in [0.25, 0.3) is 0 Å². The molecule has 104 valence electrons. The number of carbonyl (C=O) groups is 2. The fraction of sp³-hybridized carbons (Fsp3) is 0.143. The van der Waals surface area contributed by atoms with Crippen molar-refractivity contribution in [1.29, 1.82) is 0 Å². The molecule has 2 rings (SSSR count). The van der Waals surface area contributed by atoms with Crippen molar-refractivity contribution in [3.8, 4) is 5.75 Å². The van der Waals surface area contributed by atoms with Crippen LogP contribution in [0.2, 0.25) is 0 Å². The van der Waals surface area contributed by atoms with E-state index in [0.29, 0.717) is 16.3 Å². The predicted molar refractivity (Wildman–Crippen MR) is 82.6 cm³/mol. The Morgan fingerprint density at radius 3 is 2.75 bits per heavy atom. The standard InChI is InChI=1S/C14H12BrNO3S/c1-9(17)16-10-3-2-4-11(7-10)19-8-12(18)13-5-6-14(15)20-13/h2-7H,8H2,1H3,(H,16,17). The van der Waals surface area contributed by atoms with E-state index in [1.54, 1.807) is 30.3 Å². The van der Waals surface area contributed by atoms with Crippen molar-refractivity contribution >= 4 is 44.6 Å². The number of carbonyl (C=O) groups excluding carboxylic acids is 2. The first-order valence-corrected chi connectivity index (χ1v) is 7.44. The number of halogens is 1.